The van der Waals surface area contributed by atoms with E-state index in [0.29, 0.717) is 42.5 Å². The fraction of sp³-hybridized carbons (Fsp3) is 0.588. The fourth-order valence-electron chi connectivity index (χ4n) is 6.95. The van der Waals surface area contributed by atoms with Crippen LogP contribution in [0.2, 0.25) is 0 Å². The van der Waals surface area contributed by atoms with Crippen molar-refractivity contribution in [2.24, 2.45) is 11.7 Å². The second kappa shape index (κ2) is 13.0. The molecule has 45 heavy (non-hydrogen) atoms. The number of nitrogens with one attached hydrogen (secondary N) is 2. The topological polar surface area (TPSA) is 130 Å². The summed E-state index contributed by atoms with van der Waals surface area (Å²) in [5, 5.41) is 15.0. The second-order valence-corrected chi connectivity index (χ2v) is 14.0. The number of hydrazine groups is 1. The number of hydrogen-bond donors (Lipinski definition) is 4. The van der Waals surface area contributed by atoms with Crippen molar-refractivity contribution in [1.82, 2.24) is 30.4 Å². The van der Waals surface area contributed by atoms with Crippen molar-refractivity contribution in [1.29, 1.82) is 0 Å². The molecule has 1 amide bonds. The minimum absolute atomic E-state index is 0.205. The van der Waals surface area contributed by atoms with E-state index in [1.807, 2.05) is 50.1 Å². The lowest BCUT2D eigenvalue weighted by molar-refractivity contribution is -0.107. The van der Waals surface area contributed by atoms with Crippen LogP contribution in [0.25, 0.3) is 11.3 Å². The molecule has 1 saturated carbocycles. The molecule has 1 unspecified atom stereocenters. The number of ether oxygens (including phenoxy) is 2. The second-order valence-electron chi connectivity index (χ2n) is 14.0. The molecule has 11 nitrogen and oxygen atoms in total. The summed E-state index contributed by atoms with van der Waals surface area (Å²) in [5.74, 6) is 1.28. The maximum atomic E-state index is 12.4. The number of aromatic nitrogens is 2. The molecular weight excluding hydrogens is 570 g/mol. The Kier molecular flexibility index (Phi) is 9.01. The van der Waals surface area contributed by atoms with Crippen LogP contribution >= 0.6 is 0 Å². The van der Waals surface area contributed by atoms with Gasteiger partial charge in [0, 0.05) is 42.0 Å². The summed E-state index contributed by atoms with van der Waals surface area (Å²) in [6.07, 6.45) is 12.5. The molecule has 1 atom stereocenters. The molecule has 3 fully saturated rings. The SMILES string of the molecule is CC(C1CCN(C2CC(OC3CCN(C(=O)OC(C)(C)C)CC3)C2)CC1)n1cc(C2=C(N)NNC(c3ccccc3O)=C2)cn1. The van der Waals surface area contributed by atoms with Crippen LogP contribution in [0.5, 0.6) is 5.75 Å². The first-order chi connectivity index (χ1) is 21.5. The van der Waals surface area contributed by atoms with Crippen LogP contribution in [0.4, 0.5) is 4.79 Å². The summed E-state index contributed by atoms with van der Waals surface area (Å²) in [5.41, 5.74) is 15.2. The number of piperidine rings is 2. The van der Waals surface area contributed by atoms with Crippen molar-refractivity contribution < 1.29 is 19.4 Å². The number of benzene rings is 1. The smallest absolute Gasteiger partial charge is 0.410 e. The van der Waals surface area contributed by atoms with Crippen LogP contribution in [0.15, 0.2) is 48.6 Å². The van der Waals surface area contributed by atoms with E-state index in [1.165, 1.54) is 0 Å². The number of phenols is 1. The predicted molar refractivity (Wildman–Crippen MR) is 173 cm³/mol. The Labute approximate surface area is 266 Å². The highest BCUT2D eigenvalue weighted by atomic mass is 16.6. The van der Waals surface area contributed by atoms with E-state index in [0.717, 1.165) is 68.4 Å². The third-order valence-electron chi connectivity index (χ3n) is 9.76. The number of carbonyl (C=O) groups is 1. The standard InChI is InChI=1S/C34H49N7O4/c1-22(41-21-24(20-36-41)29-19-30(37-38-32(29)35)28-7-5-6-8-31(28)42)23-9-13-39(14-10-23)25-17-27(18-25)44-26-11-15-40(16-12-26)33(43)45-34(2,3)4/h5-8,19-23,25-27,37-38,42H,9-18,35H2,1-4H3. The van der Waals surface area contributed by atoms with Crippen LogP contribution in [0.3, 0.4) is 0 Å². The lowest BCUT2D eigenvalue weighted by atomic mass is 9.83. The molecule has 3 aliphatic heterocycles. The molecule has 1 aromatic carbocycles. The molecule has 1 aliphatic carbocycles. The average molecular weight is 620 g/mol. The first-order valence-corrected chi connectivity index (χ1v) is 16.5. The molecule has 11 heteroatoms. The largest absolute Gasteiger partial charge is 0.507 e. The van der Waals surface area contributed by atoms with E-state index in [-0.39, 0.29) is 24.0 Å². The zero-order chi connectivity index (χ0) is 31.7. The van der Waals surface area contributed by atoms with E-state index >= 15 is 0 Å². The Hall–Kier alpha value is -3.70. The maximum absolute atomic E-state index is 12.4. The summed E-state index contributed by atoms with van der Waals surface area (Å²) in [6, 6.07) is 8.11. The summed E-state index contributed by atoms with van der Waals surface area (Å²) >= 11 is 0. The highest BCUT2D eigenvalue weighted by Crippen LogP contribution is 2.36. The molecule has 2 saturated heterocycles. The Morgan fingerprint density at radius 1 is 1.04 bits per heavy atom. The number of rotatable bonds is 7. The number of aromatic hydroxyl groups is 1. The maximum Gasteiger partial charge on any atom is 0.410 e. The highest BCUT2D eigenvalue weighted by molar-refractivity contribution is 5.86. The van der Waals surface area contributed by atoms with Crippen molar-refractivity contribution in [3.63, 3.8) is 0 Å². The van der Waals surface area contributed by atoms with Crippen LogP contribution in [0.1, 0.15) is 83.4 Å². The quantitative estimate of drug-likeness (QED) is 0.352. The van der Waals surface area contributed by atoms with Gasteiger partial charge in [-0.05, 0) is 103 Å². The van der Waals surface area contributed by atoms with Crippen LogP contribution in [-0.2, 0) is 9.47 Å². The molecule has 1 aromatic heterocycles. The molecular formula is C34H49N7O4. The van der Waals surface area contributed by atoms with Gasteiger partial charge >= 0.3 is 6.09 Å². The van der Waals surface area contributed by atoms with E-state index in [4.69, 9.17) is 20.3 Å². The number of allylic oxidation sites excluding steroid dienone is 2. The molecule has 0 bridgehead atoms. The van der Waals surface area contributed by atoms with Crippen LogP contribution in [-0.4, -0.2) is 80.8 Å². The van der Waals surface area contributed by atoms with Gasteiger partial charge in [-0.25, -0.2) is 4.79 Å². The summed E-state index contributed by atoms with van der Waals surface area (Å²) in [7, 11) is 0. The number of phenolic OH excluding ortho intramolecular Hbond substituents is 1. The zero-order valence-electron chi connectivity index (χ0n) is 27.0. The van der Waals surface area contributed by atoms with Crippen LogP contribution in [0, 0.1) is 5.92 Å². The van der Waals surface area contributed by atoms with Gasteiger partial charge in [0.2, 0.25) is 0 Å². The third-order valence-corrected chi connectivity index (χ3v) is 9.76. The first-order valence-electron chi connectivity index (χ1n) is 16.5. The Morgan fingerprint density at radius 2 is 1.76 bits per heavy atom. The van der Waals surface area contributed by atoms with Gasteiger partial charge in [0.25, 0.3) is 0 Å². The number of nitrogens with two attached hydrogens (primary N) is 1. The number of amides is 1. The molecule has 4 aliphatic rings. The lowest BCUT2D eigenvalue weighted by Crippen LogP contribution is -2.52. The monoisotopic (exact) mass is 619 g/mol. The lowest BCUT2D eigenvalue weighted by Gasteiger charge is -2.47. The van der Waals surface area contributed by atoms with Crippen molar-refractivity contribution in [2.45, 2.75) is 96.1 Å². The normalized spacial score (nSPS) is 24.4. The van der Waals surface area contributed by atoms with E-state index < -0.39 is 5.60 Å². The zero-order valence-corrected chi connectivity index (χ0v) is 27.0. The molecule has 4 heterocycles. The van der Waals surface area contributed by atoms with Gasteiger partial charge in [0.1, 0.15) is 17.2 Å². The van der Waals surface area contributed by atoms with E-state index in [9.17, 15) is 9.90 Å². The third kappa shape index (κ3) is 7.25. The molecule has 6 rings (SSSR count). The van der Waals surface area contributed by atoms with Gasteiger partial charge in [0.15, 0.2) is 0 Å². The molecule has 0 radical (unpaired) electrons. The van der Waals surface area contributed by atoms with E-state index in [1.54, 1.807) is 12.1 Å². The number of hydrogen-bond acceptors (Lipinski definition) is 9. The molecule has 5 N–H and O–H groups in total. The number of nitrogens with zero attached hydrogens (tertiary/aromatic N) is 4. The van der Waals surface area contributed by atoms with Gasteiger partial charge in [0.05, 0.1) is 30.1 Å². The van der Waals surface area contributed by atoms with Crippen LogP contribution < -0.4 is 16.6 Å². The van der Waals surface area contributed by atoms with E-state index in [2.05, 4.69) is 33.6 Å². The number of carbonyl (C=O) groups excluding carboxylic acids is 1. The summed E-state index contributed by atoms with van der Waals surface area (Å²) < 4.78 is 14.0. The van der Waals surface area contributed by atoms with Gasteiger partial charge in [-0.1, -0.05) is 12.1 Å². The predicted octanol–water partition coefficient (Wildman–Crippen LogP) is 4.59. The van der Waals surface area contributed by atoms with Crippen molar-refractivity contribution in [3.8, 4) is 5.75 Å². The minimum Gasteiger partial charge on any atom is -0.507 e. The molecule has 244 valence electrons. The van der Waals surface area contributed by atoms with Gasteiger partial charge in [-0.15, -0.1) is 0 Å². The average Bonchev–Trinajstić information content (AvgIpc) is 3.49. The molecule has 0 spiro atoms. The summed E-state index contributed by atoms with van der Waals surface area (Å²) in [4.78, 5) is 16.8. The Morgan fingerprint density at radius 3 is 2.44 bits per heavy atom. The number of para-hydroxylation sites is 1. The minimum atomic E-state index is -0.462. The van der Waals surface area contributed by atoms with Gasteiger partial charge in [-0.2, -0.15) is 5.10 Å². The van der Waals surface area contributed by atoms with Crippen molar-refractivity contribution in [2.75, 3.05) is 26.2 Å². The fourth-order valence-corrected chi connectivity index (χ4v) is 6.95. The number of likely N-dealkylation sites (tertiary alicyclic amines) is 2. The highest BCUT2D eigenvalue weighted by Gasteiger charge is 2.39. The van der Waals surface area contributed by atoms with Gasteiger partial charge < -0.3 is 30.1 Å². The Balaban J connectivity index is 0.947. The van der Waals surface area contributed by atoms with Crippen molar-refractivity contribution in [3.05, 3.63) is 59.7 Å². The van der Waals surface area contributed by atoms with Gasteiger partial charge in [-0.3, -0.25) is 15.5 Å². The molecule has 2 aromatic rings. The van der Waals surface area contributed by atoms with Crippen molar-refractivity contribution >= 4 is 17.4 Å². The Bertz CT molecular complexity index is 1410. The summed E-state index contributed by atoms with van der Waals surface area (Å²) in [6.45, 7) is 11.6. The first kappa shape index (κ1) is 31.3.